The van der Waals surface area contributed by atoms with Crippen LogP contribution in [-0.2, 0) is 9.84 Å². The maximum Gasteiger partial charge on any atom is 0.182 e. The molecular weight excluding hydrogens is 341 g/mol. The van der Waals surface area contributed by atoms with Crippen LogP contribution in [0.15, 0.2) is 53.4 Å². The second-order valence-electron chi connectivity index (χ2n) is 5.44. The smallest absolute Gasteiger partial charge is 0.182 e. The minimum Gasteiger partial charge on any atom is -0.330 e. The summed E-state index contributed by atoms with van der Waals surface area (Å²) in [6, 6.07) is 13.5. The SMILES string of the molecule is NC[C@H]1[C@H](c2ccc(Cl)cc2)[C@@H]1S(=O)(=O)c1ccc(Cl)cc1. The monoisotopic (exact) mass is 355 g/mol. The first-order valence-electron chi connectivity index (χ1n) is 6.90. The van der Waals surface area contributed by atoms with Crippen molar-refractivity contribution in [2.45, 2.75) is 16.1 Å². The van der Waals surface area contributed by atoms with Crippen molar-refractivity contribution in [3.05, 3.63) is 64.1 Å². The van der Waals surface area contributed by atoms with E-state index in [-0.39, 0.29) is 16.7 Å². The minimum absolute atomic E-state index is 0.0677. The second-order valence-corrected chi connectivity index (χ2v) is 8.42. The first-order chi connectivity index (χ1) is 10.4. The van der Waals surface area contributed by atoms with E-state index in [2.05, 4.69) is 0 Å². The molecule has 3 rings (SSSR count). The summed E-state index contributed by atoms with van der Waals surface area (Å²) in [5, 5.41) is 0.657. The van der Waals surface area contributed by atoms with Crippen LogP contribution in [0.1, 0.15) is 11.5 Å². The average molecular weight is 356 g/mol. The summed E-state index contributed by atoms with van der Waals surface area (Å²) in [5.74, 6) is -0.148. The van der Waals surface area contributed by atoms with Crippen molar-refractivity contribution >= 4 is 33.0 Å². The molecule has 116 valence electrons. The van der Waals surface area contributed by atoms with Crippen molar-refractivity contribution in [3.63, 3.8) is 0 Å². The number of sulfone groups is 1. The quantitative estimate of drug-likeness (QED) is 0.912. The van der Waals surface area contributed by atoms with E-state index in [1.807, 2.05) is 12.1 Å². The van der Waals surface area contributed by atoms with Crippen LogP contribution in [0.4, 0.5) is 0 Å². The van der Waals surface area contributed by atoms with E-state index in [1.54, 1.807) is 36.4 Å². The fourth-order valence-electron chi connectivity index (χ4n) is 2.95. The van der Waals surface area contributed by atoms with Gasteiger partial charge in [-0.15, -0.1) is 0 Å². The van der Waals surface area contributed by atoms with Crippen molar-refractivity contribution in [3.8, 4) is 0 Å². The molecule has 0 amide bonds. The highest BCUT2D eigenvalue weighted by Crippen LogP contribution is 2.53. The molecule has 22 heavy (non-hydrogen) atoms. The molecule has 3 atom stereocenters. The normalized spacial score (nSPS) is 24.2. The third-order valence-corrected chi connectivity index (χ3v) is 6.92. The number of halogens is 2. The highest BCUT2D eigenvalue weighted by atomic mass is 35.5. The molecule has 1 aliphatic carbocycles. The Morgan fingerprint density at radius 1 is 0.909 bits per heavy atom. The lowest BCUT2D eigenvalue weighted by molar-refractivity contribution is 0.591. The Labute approximate surface area is 140 Å². The standard InChI is InChI=1S/C16H15Cl2NO2S/c17-11-3-1-10(2-4-11)15-14(9-19)16(15)22(20,21)13-7-5-12(18)6-8-13/h1-8,14-16H,9,19H2/t14-,15-,16+/m0/s1. The van der Waals surface area contributed by atoms with E-state index in [0.29, 0.717) is 16.6 Å². The number of benzene rings is 2. The van der Waals surface area contributed by atoms with Crippen LogP contribution >= 0.6 is 23.2 Å². The Kier molecular flexibility index (Phi) is 4.21. The Morgan fingerprint density at radius 2 is 1.41 bits per heavy atom. The summed E-state index contributed by atoms with van der Waals surface area (Å²) >= 11 is 11.7. The van der Waals surface area contributed by atoms with Crippen LogP contribution in [0, 0.1) is 5.92 Å². The molecule has 0 bridgehead atoms. The van der Waals surface area contributed by atoms with Crippen molar-refractivity contribution in [2.24, 2.45) is 11.7 Å². The lowest BCUT2D eigenvalue weighted by atomic mass is 10.1. The van der Waals surface area contributed by atoms with Gasteiger partial charge in [0.25, 0.3) is 0 Å². The zero-order valence-electron chi connectivity index (χ0n) is 11.6. The Hall–Kier alpha value is -1.07. The molecule has 3 nitrogen and oxygen atoms in total. The molecule has 0 saturated heterocycles. The summed E-state index contributed by atoms with van der Waals surface area (Å²) in [4.78, 5) is 0.289. The van der Waals surface area contributed by atoms with Gasteiger partial charge in [0, 0.05) is 16.0 Å². The molecule has 0 aromatic heterocycles. The molecule has 0 aliphatic heterocycles. The minimum atomic E-state index is -3.42. The van der Waals surface area contributed by atoms with Crippen LogP contribution < -0.4 is 5.73 Å². The van der Waals surface area contributed by atoms with Crippen molar-refractivity contribution in [2.75, 3.05) is 6.54 Å². The molecule has 1 saturated carbocycles. The summed E-state index contributed by atoms with van der Waals surface area (Å²) in [5.41, 5.74) is 6.73. The van der Waals surface area contributed by atoms with E-state index in [9.17, 15) is 8.42 Å². The largest absolute Gasteiger partial charge is 0.330 e. The summed E-state index contributed by atoms with van der Waals surface area (Å²) in [7, 11) is -3.42. The van der Waals surface area contributed by atoms with Gasteiger partial charge in [-0.1, -0.05) is 35.3 Å². The third kappa shape index (κ3) is 2.76. The van der Waals surface area contributed by atoms with Gasteiger partial charge in [0.05, 0.1) is 10.1 Å². The van der Waals surface area contributed by atoms with Gasteiger partial charge in [0.2, 0.25) is 0 Å². The second kappa shape index (κ2) is 5.85. The summed E-state index contributed by atoms with van der Waals surface area (Å²) in [6.45, 7) is 0.338. The van der Waals surface area contributed by atoms with Gasteiger partial charge < -0.3 is 5.73 Å². The van der Waals surface area contributed by atoms with E-state index in [0.717, 1.165) is 5.56 Å². The predicted octanol–water partition coefficient (Wildman–Crippen LogP) is 3.51. The third-order valence-electron chi connectivity index (χ3n) is 4.12. The van der Waals surface area contributed by atoms with Crippen LogP contribution in [-0.4, -0.2) is 20.2 Å². The van der Waals surface area contributed by atoms with E-state index in [4.69, 9.17) is 28.9 Å². The van der Waals surface area contributed by atoms with E-state index < -0.39 is 15.1 Å². The van der Waals surface area contributed by atoms with Gasteiger partial charge in [-0.2, -0.15) is 0 Å². The molecule has 1 fully saturated rings. The lowest BCUT2D eigenvalue weighted by Gasteiger charge is -2.04. The fourth-order valence-corrected chi connectivity index (χ4v) is 5.43. The molecular formula is C16H15Cl2NO2S. The van der Waals surface area contributed by atoms with E-state index in [1.165, 1.54) is 0 Å². The zero-order valence-corrected chi connectivity index (χ0v) is 13.9. The van der Waals surface area contributed by atoms with Crippen LogP contribution in [0.2, 0.25) is 10.0 Å². The van der Waals surface area contributed by atoms with Gasteiger partial charge in [-0.05, 0) is 54.4 Å². The van der Waals surface area contributed by atoms with Crippen LogP contribution in [0.25, 0.3) is 0 Å². The highest BCUT2D eigenvalue weighted by Gasteiger charge is 2.57. The maximum absolute atomic E-state index is 12.8. The van der Waals surface area contributed by atoms with Gasteiger partial charge in [-0.3, -0.25) is 0 Å². The Balaban J connectivity index is 1.93. The van der Waals surface area contributed by atoms with Gasteiger partial charge in [0.15, 0.2) is 9.84 Å². The summed E-state index contributed by atoms with van der Waals surface area (Å²) in [6.07, 6.45) is 0. The summed E-state index contributed by atoms with van der Waals surface area (Å²) < 4.78 is 25.6. The van der Waals surface area contributed by atoms with E-state index >= 15 is 0 Å². The van der Waals surface area contributed by atoms with Gasteiger partial charge >= 0.3 is 0 Å². The Morgan fingerprint density at radius 3 is 1.91 bits per heavy atom. The maximum atomic E-state index is 12.8. The molecule has 0 radical (unpaired) electrons. The van der Waals surface area contributed by atoms with Gasteiger partial charge in [-0.25, -0.2) is 8.42 Å². The lowest BCUT2D eigenvalue weighted by Crippen LogP contribution is -2.13. The van der Waals surface area contributed by atoms with Crippen LogP contribution in [0.3, 0.4) is 0 Å². The zero-order chi connectivity index (χ0) is 15.9. The molecule has 1 aliphatic rings. The average Bonchev–Trinajstić information content (AvgIpc) is 3.24. The van der Waals surface area contributed by atoms with Crippen molar-refractivity contribution in [1.82, 2.24) is 0 Å². The molecule has 0 spiro atoms. The molecule has 6 heteroatoms. The molecule has 0 heterocycles. The topological polar surface area (TPSA) is 60.2 Å². The first-order valence-corrected chi connectivity index (χ1v) is 9.20. The molecule has 2 aromatic rings. The van der Waals surface area contributed by atoms with Crippen molar-refractivity contribution < 1.29 is 8.42 Å². The molecule has 0 unspecified atom stereocenters. The van der Waals surface area contributed by atoms with Crippen LogP contribution in [0.5, 0.6) is 0 Å². The molecule has 2 aromatic carbocycles. The number of hydrogen-bond donors (Lipinski definition) is 1. The first kappa shape index (κ1) is 15.8. The number of hydrogen-bond acceptors (Lipinski definition) is 3. The number of rotatable bonds is 4. The Bertz CT molecular complexity index is 773. The predicted molar refractivity (Wildman–Crippen MR) is 89.2 cm³/mol. The highest BCUT2D eigenvalue weighted by molar-refractivity contribution is 7.92. The molecule has 2 N–H and O–H groups in total. The van der Waals surface area contributed by atoms with Gasteiger partial charge in [0.1, 0.15) is 0 Å². The number of nitrogens with two attached hydrogens (primary N) is 1. The van der Waals surface area contributed by atoms with Crippen molar-refractivity contribution in [1.29, 1.82) is 0 Å². The fraction of sp³-hybridized carbons (Fsp3) is 0.250.